The molecule has 0 bridgehead atoms. The first kappa shape index (κ1) is 18.6. The number of hydrogen-bond donors (Lipinski definition) is 2. The van der Waals surface area contributed by atoms with E-state index in [1.165, 1.54) is 6.07 Å². The number of hydrazone groups is 1. The molecule has 0 fully saturated rings. The molecule has 5 nitrogen and oxygen atoms in total. The Hall–Kier alpha value is -2.74. The van der Waals surface area contributed by atoms with Crippen molar-refractivity contribution in [2.24, 2.45) is 5.10 Å². The van der Waals surface area contributed by atoms with Crippen molar-refractivity contribution in [2.75, 3.05) is 12.4 Å². The van der Waals surface area contributed by atoms with Crippen molar-refractivity contribution in [2.45, 2.75) is 13.5 Å². The molecule has 0 aliphatic heterocycles. The zero-order valence-electron chi connectivity index (χ0n) is 13.6. The van der Waals surface area contributed by atoms with Crippen LogP contribution in [0.2, 0.25) is 0 Å². The van der Waals surface area contributed by atoms with Crippen molar-refractivity contribution < 1.29 is 18.3 Å². The monoisotopic (exact) mass is 365 g/mol. The Bertz CT molecular complexity index is 769. The van der Waals surface area contributed by atoms with E-state index in [1.54, 1.807) is 38.3 Å². The number of thiocarbonyl (C=S) groups is 1. The highest BCUT2D eigenvalue weighted by Gasteiger charge is 2.11. The van der Waals surface area contributed by atoms with E-state index in [0.717, 1.165) is 5.69 Å². The van der Waals surface area contributed by atoms with Crippen molar-refractivity contribution in [3.05, 3.63) is 54.1 Å². The molecule has 0 unspecified atom stereocenters. The Labute approximate surface area is 149 Å². The molecule has 8 heteroatoms. The summed E-state index contributed by atoms with van der Waals surface area (Å²) in [5, 5.41) is 7.31. The number of hydrogen-bond acceptors (Lipinski definition) is 4. The van der Waals surface area contributed by atoms with Gasteiger partial charge < -0.3 is 14.8 Å². The second-order valence-electron chi connectivity index (χ2n) is 4.87. The molecule has 0 aliphatic carbocycles. The van der Waals surface area contributed by atoms with Crippen molar-refractivity contribution in [3.8, 4) is 11.5 Å². The topological polar surface area (TPSA) is 54.9 Å². The van der Waals surface area contributed by atoms with Crippen LogP contribution in [0.25, 0.3) is 0 Å². The van der Waals surface area contributed by atoms with Gasteiger partial charge in [0.25, 0.3) is 0 Å². The minimum atomic E-state index is -2.90. The summed E-state index contributed by atoms with van der Waals surface area (Å²) < 4.78 is 34.5. The van der Waals surface area contributed by atoms with E-state index in [-0.39, 0.29) is 10.9 Å². The van der Waals surface area contributed by atoms with Crippen LogP contribution in [0.3, 0.4) is 0 Å². The summed E-state index contributed by atoms with van der Waals surface area (Å²) in [7, 11) is 1.57. The average molecular weight is 365 g/mol. The van der Waals surface area contributed by atoms with Crippen LogP contribution in [-0.2, 0) is 0 Å². The maximum atomic E-state index is 12.5. The lowest BCUT2D eigenvalue weighted by Crippen LogP contribution is -2.25. The van der Waals surface area contributed by atoms with Gasteiger partial charge in [-0.1, -0.05) is 18.2 Å². The van der Waals surface area contributed by atoms with Crippen LogP contribution in [0.4, 0.5) is 14.5 Å². The van der Waals surface area contributed by atoms with Gasteiger partial charge in [0.2, 0.25) is 0 Å². The van der Waals surface area contributed by atoms with Crippen LogP contribution in [0, 0.1) is 0 Å². The number of alkyl halides is 2. The fourth-order valence-electron chi connectivity index (χ4n) is 2.02. The van der Waals surface area contributed by atoms with E-state index in [1.807, 2.05) is 18.2 Å². The van der Waals surface area contributed by atoms with Gasteiger partial charge in [-0.3, -0.25) is 5.43 Å². The molecule has 0 spiro atoms. The molecule has 2 aromatic carbocycles. The number of nitrogens with zero attached hydrogens (tertiary/aromatic N) is 1. The molecule has 25 heavy (non-hydrogen) atoms. The average Bonchev–Trinajstić information content (AvgIpc) is 2.60. The first-order valence-electron chi connectivity index (χ1n) is 7.29. The lowest BCUT2D eigenvalue weighted by molar-refractivity contribution is -0.0499. The fraction of sp³-hybridized carbons (Fsp3) is 0.176. The SMILES string of the molecule is COc1cccc(NC(=S)N/N=C(\C)c2ccccc2OC(F)F)c1. The number of halogens is 2. The first-order chi connectivity index (χ1) is 12.0. The lowest BCUT2D eigenvalue weighted by atomic mass is 10.1. The molecule has 132 valence electrons. The summed E-state index contributed by atoms with van der Waals surface area (Å²) in [6.07, 6.45) is 0. The number of nitrogens with one attached hydrogen (secondary N) is 2. The van der Waals surface area contributed by atoms with Gasteiger partial charge in [-0.15, -0.1) is 0 Å². The van der Waals surface area contributed by atoms with Gasteiger partial charge in [0, 0.05) is 17.3 Å². The van der Waals surface area contributed by atoms with Gasteiger partial charge in [0.05, 0.1) is 12.8 Å². The number of benzene rings is 2. The summed E-state index contributed by atoms with van der Waals surface area (Å²) in [5.74, 6) is 0.734. The smallest absolute Gasteiger partial charge is 0.387 e. The molecule has 0 atom stereocenters. The number of ether oxygens (including phenoxy) is 2. The Balaban J connectivity index is 2.04. The Kier molecular flexibility index (Phi) is 6.64. The van der Waals surface area contributed by atoms with Gasteiger partial charge in [0.15, 0.2) is 5.11 Å². The van der Waals surface area contributed by atoms with Gasteiger partial charge in [-0.2, -0.15) is 13.9 Å². The molecule has 0 aromatic heterocycles. The number of anilines is 1. The summed E-state index contributed by atoms with van der Waals surface area (Å²) in [4.78, 5) is 0. The van der Waals surface area contributed by atoms with Crippen LogP contribution >= 0.6 is 12.2 Å². The quantitative estimate of drug-likeness (QED) is 0.460. The largest absolute Gasteiger partial charge is 0.497 e. The summed E-state index contributed by atoms with van der Waals surface area (Å²) in [5.41, 5.74) is 4.29. The molecule has 0 heterocycles. The predicted octanol–water partition coefficient (Wildman–Crippen LogP) is 4.01. The van der Waals surface area contributed by atoms with Crippen LogP contribution < -0.4 is 20.2 Å². The maximum absolute atomic E-state index is 12.5. The van der Waals surface area contributed by atoms with Crippen molar-refractivity contribution in [3.63, 3.8) is 0 Å². The minimum absolute atomic E-state index is 0.0484. The Morgan fingerprint density at radius 2 is 1.92 bits per heavy atom. The molecular weight excluding hydrogens is 348 g/mol. The zero-order chi connectivity index (χ0) is 18.2. The van der Waals surface area contributed by atoms with Gasteiger partial charge in [0.1, 0.15) is 11.5 Å². The molecule has 0 radical (unpaired) electrons. The van der Waals surface area contributed by atoms with E-state index in [4.69, 9.17) is 17.0 Å². The second kappa shape index (κ2) is 8.93. The summed E-state index contributed by atoms with van der Waals surface area (Å²) >= 11 is 5.17. The van der Waals surface area contributed by atoms with E-state index < -0.39 is 6.61 Å². The van der Waals surface area contributed by atoms with E-state index in [0.29, 0.717) is 17.0 Å². The highest BCUT2D eigenvalue weighted by molar-refractivity contribution is 7.80. The van der Waals surface area contributed by atoms with E-state index >= 15 is 0 Å². The second-order valence-corrected chi connectivity index (χ2v) is 5.28. The third-order valence-electron chi connectivity index (χ3n) is 3.15. The van der Waals surface area contributed by atoms with Gasteiger partial charge in [-0.05, 0) is 43.4 Å². The molecule has 0 saturated carbocycles. The normalized spacial score (nSPS) is 11.2. The van der Waals surface area contributed by atoms with Crippen molar-refractivity contribution in [1.82, 2.24) is 5.43 Å². The van der Waals surface area contributed by atoms with Crippen molar-refractivity contribution in [1.29, 1.82) is 0 Å². The minimum Gasteiger partial charge on any atom is -0.497 e. The van der Waals surface area contributed by atoms with E-state index in [2.05, 4.69) is 20.6 Å². The number of rotatable bonds is 6. The lowest BCUT2D eigenvalue weighted by Gasteiger charge is -2.11. The van der Waals surface area contributed by atoms with Gasteiger partial charge >= 0.3 is 6.61 Å². The molecule has 0 aliphatic rings. The number of para-hydroxylation sites is 1. The van der Waals surface area contributed by atoms with E-state index in [9.17, 15) is 8.78 Å². The Morgan fingerprint density at radius 1 is 1.16 bits per heavy atom. The number of methoxy groups -OCH3 is 1. The predicted molar refractivity (Wildman–Crippen MR) is 97.6 cm³/mol. The fourth-order valence-corrected chi connectivity index (χ4v) is 2.18. The van der Waals surface area contributed by atoms with Crippen molar-refractivity contribution >= 4 is 28.7 Å². The standard InChI is InChI=1S/C17H17F2N3O2S/c1-11(14-8-3-4-9-15(14)24-16(18)19)21-22-17(25)20-12-6-5-7-13(10-12)23-2/h3-10,16H,1-2H3,(H2,20,22,25)/b21-11+. The summed E-state index contributed by atoms with van der Waals surface area (Å²) in [6, 6.07) is 13.6. The van der Waals surface area contributed by atoms with Crippen LogP contribution in [-0.4, -0.2) is 24.5 Å². The van der Waals surface area contributed by atoms with Crippen LogP contribution in [0.5, 0.6) is 11.5 Å². The molecule has 2 N–H and O–H groups in total. The highest BCUT2D eigenvalue weighted by Crippen LogP contribution is 2.21. The molecule has 0 saturated heterocycles. The molecule has 0 amide bonds. The molecular formula is C17H17F2N3O2S. The van der Waals surface area contributed by atoms with Crippen LogP contribution in [0.15, 0.2) is 53.6 Å². The third kappa shape index (κ3) is 5.68. The van der Waals surface area contributed by atoms with Crippen LogP contribution in [0.1, 0.15) is 12.5 Å². The molecule has 2 aromatic rings. The zero-order valence-corrected chi connectivity index (χ0v) is 14.4. The highest BCUT2D eigenvalue weighted by atomic mass is 32.1. The third-order valence-corrected chi connectivity index (χ3v) is 3.34. The Morgan fingerprint density at radius 3 is 2.64 bits per heavy atom. The summed E-state index contributed by atoms with van der Waals surface area (Å²) in [6.45, 7) is -1.24. The maximum Gasteiger partial charge on any atom is 0.387 e. The van der Waals surface area contributed by atoms with Gasteiger partial charge in [-0.25, -0.2) is 0 Å². The molecule has 2 rings (SSSR count). The first-order valence-corrected chi connectivity index (χ1v) is 7.70.